The van der Waals surface area contributed by atoms with Crippen molar-refractivity contribution in [1.82, 2.24) is 4.57 Å². The number of fused-ring (bicyclic) bond motifs is 10. The minimum Gasteiger partial charge on any atom is -0.309 e. The molecule has 0 aliphatic carbocycles. The first-order chi connectivity index (χ1) is 23.3. The molecule has 0 radical (unpaired) electrons. The average molecular weight is 832 g/mol. The van der Waals surface area contributed by atoms with Crippen molar-refractivity contribution in [2.75, 3.05) is 0 Å². The Hall–Kier alpha value is -5.13. The van der Waals surface area contributed by atoms with Crippen molar-refractivity contribution < 1.29 is 31.1 Å². The van der Waals surface area contributed by atoms with Crippen LogP contribution in [0.5, 0.6) is 0 Å². The van der Waals surface area contributed by atoms with Crippen LogP contribution in [-0.4, -0.2) is 4.57 Å². The van der Waals surface area contributed by atoms with Gasteiger partial charge in [0.2, 0.25) is 0 Å². The van der Waals surface area contributed by atoms with Crippen LogP contribution in [0.2, 0.25) is 0 Å². The van der Waals surface area contributed by atoms with Gasteiger partial charge in [0.05, 0.1) is 11.0 Å². The first-order valence-electron chi connectivity index (χ1n) is 16.1. The average Bonchev–Trinajstić information content (AvgIpc) is 3.49. The monoisotopic (exact) mass is 831 g/mol. The molecule has 48 heavy (non-hydrogen) atoms. The van der Waals surface area contributed by atoms with E-state index < -0.39 is 0 Å². The number of hydrogen-bond acceptors (Lipinski definition) is 0. The smallest absolute Gasteiger partial charge is 0.309 e. The van der Waals surface area contributed by atoms with Crippen LogP contribution in [-0.2, 0) is 0 Å². The molecule has 0 N–H and O–H groups in total. The van der Waals surface area contributed by atoms with Crippen molar-refractivity contribution in [2.45, 2.75) is 0 Å². The topological polar surface area (TPSA) is 4.93 Å². The molecule has 0 saturated carbocycles. The van der Waals surface area contributed by atoms with E-state index in [-0.39, 0.29) is 31.1 Å². The van der Waals surface area contributed by atoms with Crippen LogP contribution in [0.15, 0.2) is 164 Å². The Morgan fingerprint density at radius 3 is 1.58 bits per heavy atom. The summed E-state index contributed by atoms with van der Waals surface area (Å²) < 4.78 is 2.38. The normalized spacial score (nSPS) is 11.6. The molecule has 0 spiro atoms. The van der Waals surface area contributed by atoms with Crippen LogP contribution in [0, 0.1) is 43.2 Å². The van der Waals surface area contributed by atoms with Crippen LogP contribution in [0.3, 0.4) is 0 Å². The van der Waals surface area contributed by atoms with Gasteiger partial charge in [-0.1, -0.05) is 132 Å². The molecule has 9 aromatic carbocycles. The van der Waals surface area contributed by atoms with Crippen molar-refractivity contribution in [3.63, 3.8) is 0 Å². The minimum atomic E-state index is 0. The molecule has 1 heterocycles. The van der Waals surface area contributed by atoms with E-state index in [9.17, 15) is 0 Å². The van der Waals surface area contributed by atoms with E-state index in [1.165, 1.54) is 76.0 Å². The predicted octanol–water partition coefficient (Wildman–Crippen LogP) is 12.3. The van der Waals surface area contributed by atoms with Gasteiger partial charge in [-0.2, -0.15) is 18.2 Å². The minimum absolute atomic E-state index is 0. The maximum Gasteiger partial charge on any atom is 2.00 e. The number of nitrogens with zero attached hydrogens (tertiary/aromatic N) is 1. The summed E-state index contributed by atoms with van der Waals surface area (Å²) >= 11 is 0. The van der Waals surface area contributed by atoms with Gasteiger partial charge in [-0.15, -0.1) is 39.7 Å². The second-order valence-electron chi connectivity index (χ2n) is 12.3. The molecule has 1 aromatic heterocycles. The van der Waals surface area contributed by atoms with Crippen molar-refractivity contribution in [1.29, 1.82) is 0 Å². The van der Waals surface area contributed by atoms with E-state index in [0.717, 1.165) is 16.8 Å². The van der Waals surface area contributed by atoms with Gasteiger partial charge in [0.1, 0.15) is 0 Å². The van der Waals surface area contributed by atoms with E-state index in [1.54, 1.807) is 0 Å². The molecular weight excluding hydrogens is 805 g/mol. The molecule has 220 valence electrons. The van der Waals surface area contributed by atoms with Crippen LogP contribution in [0.4, 0.5) is 0 Å². The largest absolute Gasteiger partial charge is 2.00 e. The zero-order chi connectivity index (χ0) is 30.9. The van der Waals surface area contributed by atoms with Crippen LogP contribution < -0.4 is 0 Å². The molecule has 0 aliphatic heterocycles. The third-order valence-corrected chi connectivity index (χ3v) is 9.79. The molecule has 10 rings (SSSR count). The fourth-order valence-corrected chi connectivity index (χ4v) is 7.78. The molecule has 2 heteroatoms. The Morgan fingerprint density at radius 1 is 0.396 bits per heavy atom. The van der Waals surface area contributed by atoms with Crippen LogP contribution >= 0.6 is 0 Å². The van der Waals surface area contributed by atoms with Crippen molar-refractivity contribution in [3.05, 3.63) is 176 Å². The van der Waals surface area contributed by atoms with Gasteiger partial charge < -0.3 is 4.57 Å². The van der Waals surface area contributed by atoms with E-state index in [2.05, 4.69) is 180 Å². The fourth-order valence-electron chi connectivity index (χ4n) is 7.78. The second kappa shape index (κ2) is 11.5. The SMILES string of the molecule is [U+2].[c-]1cc(-c2cccc(-n3c4ccccc4c4ccccc43)c2)c2ccccc2c1-c1[c-]ccc2c3ccccc3c3ccccc3c12. The molecule has 1 nitrogen and oxygen atoms in total. The summed E-state index contributed by atoms with van der Waals surface area (Å²) in [6.07, 6.45) is 0. The van der Waals surface area contributed by atoms with E-state index in [0.29, 0.717) is 0 Å². The zero-order valence-electron chi connectivity index (χ0n) is 26.0. The molecule has 0 bridgehead atoms. The second-order valence-corrected chi connectivity index (χ2v) is 12.3. The Morgan fingerprint density at radius 2 is 0.917 bits per heavy atom. The molecule has 0 saturated heterocycles. The van der Waals surface area contributed by atoms with Crippen molar-refractivity contribution >= 4 is 64.9 Å². The van der Waals surface area contributed by atoms with Gasteiger partial charge in [-0.3, -0.25) is 0 Å². The third-order valence-electron chi connectivity index (χ3n) is 9.79. The number of benzene rings is 9. The van der Waals surface area contributed by atoms with Crippen molar-refractivity contribution in [3.8, 4) is 27.9 Å². The van der Waals surface area contributed by atoms with E-state index >= 15 is 0 Å². The summed E-state index contributed by atoms with van der Waals surface area (Å²) in [5.74, 6) is 0. The van der Waals surface area contributed by atoms with Crippen LogP contribution in [0.25, 0.3) is 92.8 Å². The van der Waals surface area contributed by atoms with E-state index in [1.807, 2.05) is 0 Å². The summed E-state index contributed by atoms with van der Waals surface area (Å²) in [6.45, 7) is 0. The maximum atomic E-state index is 3.78. The summed E-state index contributed by atoms with van der Waals surface area (Å²) in [5.41, 5.74) is 8.07. The van der Waals surface area contributed by atoms with Gasteiger partial charge in [0.15, 0.2) is 0 Å². The summed E-state index contributed by atoms with van der Waals surface area (Å²) in [7, 11) is 0. The summed E-state index contributed by atoms with van der Waals surface area (Å²) in [6, 6.07) is 66.4. The molecule has 10 aromatic rings. The number of rotatable bonds is 3. The molecular formula is C46H27NU. The molecule has 0 amide bonds. The van der Waals surface area contributed by atoms with Gasteiger partial charge >= 0.3 is 31.1 Å². The molecule has 0 aliphatic rings. The molecule has 0 fully saturated rings. The number of hydrogen-bond donors (Lipinski definition) is 0. The summed E-state index contributed by atoms with van der Waals surface area (Å²) in [4.78, 5) is 0. The Labute approximate surface area is 302 Å². The Bertz CT molecular complexity index is 2760. The first kappa shape index (κ1) is 29.0. The van der Waals surface area contributed by atoms with E-state index in [4.69, 9.17) is 0 Å². The quantitative estimate of drug-likeness (QED) is 0.123. The van der Waals surface area contributed by atoms with Crippen molar-refractivity contribution in [2.24, 2.45) is 0 Å². The fraction of sp³-hybridized carbons (Fsp3) is 0. The van der Waals surface area contributed by atoms with Gasteiger partial charge in [-0.05, 0) is 40.4 Å². The first-order valence-corrected chi connectivity index (χ1v) is 16.1. The number of para-hydroxylation sites is 2. The van der Waals surface area contributed by atoms with Crippen LogP contribution in [0.1, 0.15) is 0 Å². The zero-order valence-corrected chi connectivity index (χ0v) is 30.2. The number of aromatic nitrogens is 1. The van der Waals surface area contributed by atoms with Gasteiger partial charge in [0.25, 0.3) is 0 Å². The predicted molar refractivity (Wildman–Crippen MR) is 199 cm³/mol. The molecule has 0 unspecified atom stereocenters. The Kier molecular flexibility index (Phi) is 6.98. The van der Waals surface area contributed by atoms with Gasteiger partial charge in [0, 0.05) is 16.5 Å². The maximum absolute atomic E-state index is 3.78. The third kappa shape index (κ3) is 4.30. The van der Waals surface area contributed by atoms with Gasteiger partial charge in [-0.25, -0.2) is 11.1 Å². The summed E-state index contributed by atoms with van der Waals surface area (Å²) in [5, 5.41) is 12.4. The molecule has 0 atom stereocenters. The standard InChI is InChI=1S/C46H27N.U/c1-2-16-34-33(15-1)32(30-13-11-14-31(29-30)47-44-25-9-7-20-39(44)40-21-8-10-26-45(40)47)27-28-38(34)43-24-12-23-42-37-18-4-3-17-35(37)36-19-5-6-22-41(36)46(42)43;/h1-23,25-27,29H;/q-2;+2. The Balaban J connectivity index is 0.00000314.